The van der Waals surface area contributed by atoms with Crippen molar-refractivity contribution in [2.45, 2.75) is 12.8 Å². The van der Waals surface area contributed by atoms with E-state index in [0.29, 0.717) is 0 Å². The third kappa shape index (κ3) is 4.62. The molecule has 10 rings (SSSR count). The van der Waals surface area contributed by atoms with Gasteiger partial charge in [-0.3, -0.25) is 0 Å². The molecule has 2 nitrogen and oxygen atoms in total. The number of fused-ring (bicyclic) bond motifs is 7. The highest BCUT2D eigenvalue weighted by Gasteiger charge is 2.20. The number of anilines is 3. The fourth-order valence-electron chi connectivity index (χ4n) is 7.76. The number of aromatic nitrogens is 1. The van der Waals surface area contributed by atoms with Crippen LogP contribution in [-0.2, 0) is 6.42 Å². The first-order chi connectivity index (χ1) is 24.3. The summed E-state index contributed by atoms with van der Waals surface area (Å²) in [5.74, 6) is 0. The molecule has 0 radical (unpaired) electrons. The average molecular weight is 645 g/mol. The van der Waals surface area contributed by atoms with E-state index in [9.17, 15) is 0 Å². The predicted octanol–water partition coefficient (Wildman–Crippen LogP) is 13.2. The van der Waals surface area contributed by atoms with E-state index < -0.39 is 0 Å². The van der Waals surface area contributed by atoms with Gasteiger partial charge < -0.3 is 9.47 Å². The van der Waals surface area contributed by atoms with E-state index in [4.69, 9.17) is 0 Å². The topological polar surface area (TPSA) is 8.17 Å². The molecule has 1 aliphatic carbocycles. The highest BCUT2D eigenvalue weighted by atomic mass is 32.1. The third-order valence-corrected chi connectivity index (χ3v) is 11.2. The number of allylic oxidation sites excluding steroid dienone is 1. The van der Waals surface area contributed by atoms with Crippen LogP contribution in [-0.4, -0.2) is 4.57 Å². The summed E-state index contributed by atoms with van der Waals surface area (Å²) >= 11 is 1.86. The average Bonchev–Trinajstić information content (AvgIpc) is 3.71. The molecular weight excluding hydrogens is 613 g/mol. The molecule has 0 bridgehead atoms. The monoisotopic (exact) mass is 644 g/mol. The first-order valence-electron chi connectivity index (χ1n) is 17.0. The minimum atomic E-state index is 1.05. The second-order valence-corrected chi connectivity index (χ2v) is 13.9. The van der Waals surface area contributed by atoms with Crippen LogP contribution < -0.4 is 4.90 Å². The summed E-state index contributed by atoms with van der Waals surface area (Å²) in [5, 5.41) is 6.39. The van der Waals surface area contributed by atoms with Gasteiger partial charge in [-0.15, -0.1) is 11.3 Å². The van der Waals surface area contributed by atoms with Crippen molar-refractivity contribution in [1.82, 2.24) is 4.57 Å². The Morgan fingerprint density at radius 1 is 0.531 bits per heavy atom. The molecule has 232 valence electrons. The van der Waals surface area contributed by atoms with Crippen molar-refractivity contribution in [3.8, 4) is 16.8 Å². The minimum Gasteiger partial charge on any atom is -0.313 e. The number of nitrogens with zero attached hydrogens (tertiary/aromatic N) is 2. The van der Waals surface area contributed by atoms with Gasteiger partial charge in [0, 0.05) is 59.3 Å². The quantitative estimate of drug-likeness (QED) is 0.181. The maximum absolute atomic E-state index is 2.45. The van der Waals surface area contributed by atoms with Crippen LogP contribution in [0.25, 0.3) is 64.7 Å². The predicted molar refractivity (Wildman–Crippen MR) is 211 cm³/mol. The highest BCUT2D eigenvalue weighted by Crippen LogP contribution is 2.43. The maximum Gasteiger partial charge on any atom is 0.0540 e. The van der Waals surface area contributed by atoms with Crippen molar-refractivity contribution in [2.24, 2.45) is 0 Å². The molecule has 0 aliphatic heterocycles. The Balaban J connectivity index is 1.11. The van der Waals surface area contributed by atoms with Crippen molar-refractivity contribution < 1.29 is 0 Å². The van der Waals surface area contributed by atoms with Gasteiger partial charge in [-0.25, -0.2) is 0 Å². The van der Waals surface area contributed by atoms with Crippen molar-refractivity contribution in [3.05, 3.63) is 175 Å². The van der Waals surface area contributed by atoms with E-state index >= 15 is 0 Å². The first-order valence-corrected chi connectivity index (χ1v) is 17.8. The SMILES string of the molecule is C1=Cc2c(n(-c3ccccc3)c3ccc(-c4ccc(N(c5ccc6sc7ccccc7c6c5)c5cccc6ccccc56)cc4)cc23)CC1. The van der Waals surface area contributed by atoms with Crippen LogP contribution in [0.3, 0.4) is 0 Å². The van der Waals surface area contributed by atoms with Crippen LogP contribution in [0.2, 0.25) is 0 Å². The Hall–Kier alpha value is -5.90. The van der Waals surface area contributed by atoms with Crippen LogP contribution in [0, 0.1) is 0 Å². The zero-order valence-electron chi connectivity index (χ0n) is 26.9. The van der Waals surface area contributed by atoms with E-state index in [0.717, 1.165) is 24.2 Å². The van der Waals surface area contributed by atoms with E-state index in [2.05, 4.69) is 179 Å². The second kappa shape index (κ2) is 11.4. The molecule has 0 amide bonds. The smallest absolute Gasteiger partial charge is 0.0540 e. The van der Waals surface area contributed by atoms with Crippen molar-refractivity contribution in [2.75, 3.05) is 4.90 Å². The van der Waals surface area contributed by atoms with E-state index in [1.54, 1.807) is 0 Å². The van der Waals surface area contributed by atoms with E-state index in [1.165, 1.54) is 75.6 Å². The molecule has 2 aromatic heterocycles. The minimum absolute atomic E-state index is 1.05. The summed E-state index contributed by atoms with van der Waals surface area (Å²) < 4.78 is 5.09. The van der Waals surface area contributed by atoms with Crippen LogP contribution in [0.4, 0.5) is 17.1 Å². The van der Waals surface area contributed by atoms with Gasteiger partial charge >= 0.3 is 0 Å². The summed E-state index contributed by atoms with van der Waals surface area (Å²) in [7, 11) is 0. The molecule has 0 spiro atoms. The molecule has 0 saturated heterocycles. The van der Waals surface area contributed by atoms with Gasteiger partial charge in [0.15, 0.2) is 0 Å². The molecule has 7 aromatic carbocycles. The van der Waals surface area contributed by atoms with Crippen LogP contribution in [0.15, 0.2) is 164 Å². The second-order valence-electron chi connectivity index (χ2n) is 12.9. The Kier molecular flexibility index (Phi) is 6.53. The number of thiophene rings is 1. The van der Waals surface area contributed by atoms with Gasteiger partial charge in [-0.2, -0.15) is 0 Å². The van der Waals surface area contributed by atoms with Gasteiger partial charge in [0.1, 0.15) is 0 Å². The zero-order valence-corrected chi connectivity index (χ0v) is 27.7. The number of para-hydroxylation sites is 1. The number of hydrogen-bond donors (Lipinski definition) is 0. The Labute approximate surface area is 289 Å². The van der Waals surface area contributed by atoms with Crippen molar-refractivity contribution in [1.29, 1.82) is 0 Å². The summed E-state index contributed by atoms with van der Waals surface area (Å²) in [6.07, 6.45) is 6.77. The largest absolute Gasteiger partial charge is 0.313 e. The fourth-order valence-corrected chi connectivity index (χ4v) is 8.85. The lowest BCUT2D eigenvalue weighted by atomic mass is 9.98. The lowest BCUT2D eigenvalue weighted by Crippen LogP contribution is -2.10. The van der Waals surface area contributed by atoms with E-state index in [1.807, 2.05) is 11.3 Å². The van der Waals surface area contributed by atoms with Gasteiger partial charge in [-0.05, 0) is 96.1 Å². The molecular formula is C46H32N2S. The van der Waals surface area contributed by atoms with Gasteiger partial charge in [0.2, 0.25) is 0 Å². The lowest BCUT2D eigenvalue weighted by Gasteiger charge is -2.27. The summed E-state index contributed by atoms with van der Waals surface area (Å²) in [5.41, 5.74) is 11.1. The molecule has 1 aliphatic rings. The summed E-state index contributed by atoms with van der Waals surface area (Å²) in [6.45, 7) is 0. The molecule has 0 saturated carbocycles. The first kappa shape index (κ1) is 28.1. The van der Waals surface area contributed by atoms with Gasteiger partial charge in [0.05, 0.1) is 11.2 Å². The van der Waals surface area contributed by atoms with Gasteiger partial charge in [0.25, 0.3) is 0 Å². The van der Waals surface area contributed by atoms with Gasteiger partial charge in [-0.1, -0.05) is 103 Å². The highest BCUT2D eigenvalue weighted by molar-refractivity contribution is 7.25. The number of hydrogen-bond acceptors (Lipinski definition) is 2. The molecule has 0 N–H and O–H groups in total. The standard InChI is InChI=1S/C46H32N2S/c1-2-13-34(14-3-1)48-43-18-8-6-16-38(43)40-29-33(23-27-44(40)48)31-21-24-35(25-22-31)47(42-19-10-12-32-11-4-5-15-37(32)42)36-26-28-46-41(30-36)39-17-7-9-20-45(39)49-46/h1-7,9-17,19-30H,8,18H2. The molecule has 0 atom stereocenters. The zero-order chi connectivity index (χ0) is 32.3. The Morgan fingerprint density at radius 3 is 2.16 bits per heavy atom. The number of rotatable bonds is 5. The maximum atomic E-state index is 2.45. The molecule has 2 heterocycles. The van der Waals surface area contributed by atoms with E-state index in [-0.39, 0.29) is 0 Å². The van der Waals surface area contributed by atoms with Crippen LogP contribution in [0.1, 0.15) is 17.7 Å². The molecule has 3 heteroatoms. The lowest BCUT2D eigenvalue weighted by molar-refractivity contribution is 0.888. The Morgan fingerprint density at radius 2 is 1.27 bits per heavy atom. The third-order valence-electron chi connectivity index (χ3n) is 10.0. The molecule has 0 fully saturated rings. The Bertz CT molecular complexity index is 2710. The van der Waals surface area contributed by atoms with Crippen LogP contribution >= 0.6 is 11.3 Å². The summed E-state index contributed by atoms with van der Waals surface area (Å²) in [6, 6.07) is 57.8. The van der Waals surface area contributed by atoms with Crippen molar-refractivity contribution >= 4 is 76.3 Å². The normalized spacial score (nSPS) is 12.7. The van der Waals surface area contributed by atoms with Crippen molar-refractivity contribution in [3.63, 3.8) is 0 Å². The molecule has 49 heavy (non-hydrogen) atoms. The molecule has 9 aromatic rings. The molecule has 0 unspecified atom stereocenters. The van der Waals surface area contributed by atoms with Crippen LogP contribution in [0.5, 0.6) is 0 Å². The summed E-state index contributed by atoms with van der Waals surface area (Å²) in [4.78, 5) is 2.42. The fraction of sp³-hybridized carbons (Fsp3) is 0.0435. The number of benzene rings is 7.